The number of rotatable bonds is 16. The van der Waals surface area contributed by atoms with Crippen molar-refractivity contribution >= 4 is 5.97 Å². The molecule has 0 bridgehead atoms. The normalized spacial score (nSPS) is 13.8. The fourth-order valence-corrected chi connectivity index (χ4v) is 5.26. The number of hydrogen-bond acceptors (Lipinski definition) is 2. The van der Waals surface area contributed by atoms with Crippen molar-refractivity contribution in [3.8, 4) is 0 Å². The summed E-state index contributed by atoms with van der Waals surface area (Å²) in [4.78, 5) is 13.3. The van der Waals surface area contributed by atoms with Crippen LogP contribution in [-0.2, 0) is 9.53 Å². The van der Waals surface area contributed by atoms with Crippen molar-refractivity contribution in [2.24, 2.45) is 29.1 Å². The quantitative estimate of drug-likeness (QED) is 0.193. The Kier molecular flexibility index (Phi) is 14.2. The number of unbranched alkanes of at least 4 members (excludes halogenated alkanes) is 8. The molecule has 0 saturated heterocycles. The minimum absolute atomic E-state index is 0.0297. The Morgan fingerprint density at radius 1 is 0.714 bits per heavy atom. The molecule has 0 saturated carbocycles. The maximum absolute atomic E-state index is 13.3. The maximum Gasteiger partial charge on any atom is 0.313 e. The molecule has 0 aromatic heterocycles. The van der Waals surface area contributed by atoms with Gasteiger partial charge in [0.05, 0.1) is 11.5 Å². The number of carbonyl (C=O) groups excluding carboxylic acids is 1. The van der Waals surface area contributed by atoms with Gasteiger partial charge in [0.15, 0.2) is 0 Å². The molecule has 1 atom stereocenters. The lowest BCUT2D eigenvalue weighted by atomic mass is 9.57. The van der Waals surface area contributed by atoms with Crippen molar-refractivity contribution in [1.29, 1.82) is 0 Å². The molecule has 0 aliphatic carbocycles. The predicted octanol–water partition coefficient (Wildman–Crippen LogP) is 8.43. The van der Waals surface area contributed by atoms with Crippen molar-refractivity contribution in [2.45, 2.75) is 133 Å². The summed E-state index contributed by atoms with van der Waals surface area (Å²) in [6, 6.07) is 0. The first-order valence-corrected chi connectivity index (χ1v) is 12.3. The molecule has 2 nitrogen and oxygen atoms in total. The Bertz CT molecular complexity index is 387. The van der Waals surface area contributed by atoms with Gasteiger partial charge in [-0.15, -0.1) is 0 Å². The van der Waals surface area contributed by atoms with Gasteiger partial charge in [0.2, 0.25) is 0 Å². The highest BCUT2D eigenvalue weighted by Gasteiger charge is 2.52. The van der Waals surface area contributed by atoms with E-state index in [-0.39, 0.29) is 23.9 Å². The Morgan fingerprint density at radius 2 is 1.14 bits per heavy atom. The van der Waals surface area contributed by atoms with Gasteiger partial charge < -0.3 is 4.74 Å². The molecule has 0 spiro atoms. The number of esters is 1. The van der Waals surface area contributed by atoms with E-state index in [1.54, 1.807) is 0 Å². The van der Waals surface area contributed by atoms with Gasteiger partial charge in [0, 0.05) is 0 Å². The third-order valence-electron chi connectivity index (χ3n) is 6.64. The minimum atomic E-state index is -0.390. The topological polar surface area (TPSA) is 26.3 Å². The zero-order valence-corrected chi connectivity index (χ0v) is 20.8. The molecule has 28 heavy (non-hydrogen) atoms. The van der Waals surface area contributed by atoms with E-state index in [0.717, 1.165) is 6.42 Å². The third-order valence-corrected chi connectivity index (χ3v) is 6.64. The number of hydrogen-bond donors (Lipinski definition) is 0. The SMILES string of the molecule is CCCCCCCCCCCC(C(C)C)C(C(=O)OC(C)C)(C(C)C)C(C)C. The van der Waals surface area contributed by atoms with Gasteiger partial charge in [0.1, 0.15) is 0 Å². The van der Waals surface area contributed by atoms with Crippen LogP contribution in [0, 0.1) is 29.1 Å². The first-order chi connectivity index (χ1) is 13.1. The van der Waals surface area contributed by atoms with E-state index < -0.39 is 5.41 Å². The van der Waals surface area contributed by atoms with Gasteiger partial charge >= 0.3 is 5.97 Å². The van der Waals surface area contributed by atoms with Crippen molar-refractivity contribution in [1.82, 2.24) is 0 Å². The molecule has 168 valence electrons. The molecule has 0 radical (unpaired) electrons. The fourth-order valence-electron chi connectivity index (χ4n) is 5.26. The fraction of sp³-hybridized carbons (Fsp3) is 0.962. The molecule has 0 aliphatic rings. The van der Waals surface area contributed by atoms with E-state index in [0.29, 0.717) is 11.8 Å². The van der Waals surface area contributed by atoms with E-state index in [1.165, 1.54) is 57.8 Å². The summed E-state index contributed by atoms with van der Waals surface area (Å²) >= 11 is 0. The van der Waals surface area contributed by atoms with Gasteiger partial charge in [-0.1, -0.05) is 106 Å². The Balaban J connectivity index is 4.94. The van der Waals surface area contributed by atoms with Crippen LogP contribution in [0.1, 0.15) is 127 Å². The maximum atomic E-state index is 13.3. The molecule has 0 N–H and O–H groups in total. The first-order valence-electron chi connectivity index (χ1n) is 12.3. The van der Waals surface area contributed by atoms with Crippen molar-refractivity contribution < 1.29 is 9.53 Å². The third kappa shape index (κ3) is 8.46. The van der Waals surface area contributed by atoms with Gasteiger partial charge in [-0.05, 0) is 43.9 Å². The van der Waals surface area contributed by atoms with Crippen molar-refractivity contribution in [3.63, 3.8) is 0 Å². The summed E-state index contributed by atoms with van der Waals surface area (Å²) in [6.07, 6.45) is 13.2. The highest BCUT2D eigenvalue weighted by Crippen LogP contribution is 2.49. The molecular formula is C26H52O2. The number of ether oxygens (including phenoxy) is 1. The lowest BCUT2D eigenvalue weighted by Crippen LogP contribution is -2.50. The summed E-state index contributed by atoms with van der Waals surface area (Å²) in [5.41, 5.74) is -0.390. The van der Waals surface area contributed by atoms with E-state index in [4.69, 9.17) is 4.74 Å². The van der Waals surface area contributed by atoms with Crippen LogP contribution < -0.4 is 0 Å². The molecule has 0 heterocycles. The first kappa shape index (κ1) is 27.5. The van der Waals surface area contributed by atoms with Crippen molar-refractivity contribution in [2.75, 3.05) is 0 Å². The Morgan fingerprint density at radius 3 is 1.50 bits per heavy atom. The second-order valence-corrected chi connectivity index (χ2v) is 10.2. The molecule has 0 rings (SSSR count). The van der Waals surface area contributed by atoms with Crippen LogP contribution >= 0.6 is 0 Å². The zero-order valence-electron chi connectivity index (χ0n) is 20.8. The Labute approximate surface area is 177 Å². The minimum Gasteiger partial charge on any atom is -0.463 e. The van der Waals surface area contributed by atoms with Crippen LogP contribution in [0.2, 0.25) is 0 Å². The molecule has 2 heteroatoms. The van der Waals surface area contributed by atoms with E-state index in [1.807, 2.05) is 13.8 Å². The van der Waals surface area contributed by atoms with E-state index >= 15 is 0 Å². The van der Waals surface area contributed by atoms with Gasteiger partial charge in [-0.3, -0.25) is 4.79 Å². The van der Waals surface area contributed by atoms with E-state index in [9.17, 15) is 4.79 Å². The van der Waals surface area contributed by atoms with E-state index in [2.05, 4.69) is 48.5 Å². The average molecular weight is 397 g/mol. The molecule has 0 aliphatic heterocycles. The van der Waals surface area contributed by atoms with Crippen molar-refractivity contribution in [3.05, 3.63) is 0 Å². The second-order valence-electron chi connectivity index (χ2n) is 10.2. The number of carbonyl (C=O) groups is 1. The van der Waals surface area contributed by atoms with Gasteiger partial charge in [0.25, 0.3) is 0 Å². The summed E-state index contributed by atoms with van der Waals surface area (Å²) in [6.45, 7) is 19.7. The van der Waals surface area contributed by atoms with Crippen LogP contribution in [-0.4, -0.2) is 12.1 Å². The average Bonchev–Trinajstić information content (AvgIpc) is 2.57. The molecule has 0 aromatic rings. The van der Waals surface area contributed by atoms with Crippen LogP contribution in [0.25, 0.3) is 0 Å². The zero-order chi connectivity index (χ0) is 21.7. The highest BCUT2D eigenvalue weighted by molar-refractivity contribution is 5.78. The largest absolute Gasteiger partial charge is 0.463 e. The van der Waals surface area contributed by atoms with Crippen LogP contribution in [0.3, 0.4) is 0 Å². The highest BCUT2D eigenvalue weighted by atomic mass is 16.5. The molecular weight excluding hydrogens is 344 g/mol. The smallest absolute Gasteiger partial charge is 0.313 e. The summed E-state index contributed by atoms with van der Waals surface area (Å²) < 4.78 is 5.82. The molecule has 1 unspecified atom stereocenters. The van der Waals surface area contributed by atoms with Crippen LogP contribution in [0.4, 0.5) is 0 Å². The summed E-state index contributed by atoms with van der Waals surface area (Å²) in [5, 5.41) is 0. The Hall–Kier alpha value is -0.530. The molecule has 0 aromatic carbocycles. The lowest BCUT2D eigenvalue weighted by molar-refractivity contribution is -0.175. The standard InChI is InChI=1S/C26H52O2/c1-10-11-12-13-14-15-16-17-18-19-24(20(2)3)26(21(4)5,22(6)7)25(27)28-23(8)9/h20-24H,10-19H2,1-9H3. The lowest BCUT2D eigenvalue weighted by Gasteiger charge is -2.47. The van der Waals surface area contributed by atoms with Gasteiger partial charge in [-0.2, -0.15) is 0 Å². The summed E-state index contributed by atoms with van der Waals surface area (Å²) in [5.74, 6) is 1.46. The molecule has 0 fully saturated rings. The monoisotopic (exact) mass is 396 g/mol. The molecule has 0 amide bonds. The predicted molar refractivity (Wildman–Crippen MR) is 124 cm³/mol. The second kappa shape index (κ2) is 14.5. The van der Waals surface area contributed by atoms with Gasteiger partial charge in [-0.25, -0.2) is 0 Å². The van der Waals surface area contributed by atoms with Crippen LogP contribution in [0.5, 0.6) is 0 Å². The van der Waals surface area contributed by atoms with Crippen LogP contribution in [0.15, 0.2) is 0 Å². The summed E-state index contributed by atoms with van der Waals surface area (Å²) in [7, 11) is 0.